The Bertz CT molecular complexity index is 541. The lowest BCUT2D eigenvalue weighted by atomic mass is 10.1. The second-order valence-corrected chi connectivity index (χ2v) is 6.27. The minimum absolute atomic E-state index is 0.121. The number of carbonyl (C=O) groups excluding carboxylic acids is 1. The van der Waals surface area contributed by atoms with Gasteiger partial charge in [-0.15, -0.1) is 0 Å². The summed E-state index contributed by atoms with van der Waals surface area (Å²) in [6, 6.07) is 6.15. The molecule has 0 bridgehead atoms. The third-order valence-electron chi connectivity index (χ3n) is 4.61. The number of hydrogen-bond acceptors (Lipinski definition) is 4. The van der Waals surface area contributed by atoms with Crippen molar-refractivity contribution in [2.24, 2.45) is 0 Å². The average Bonchev–Trinajstić information content (AvgIpc) is 3.16. The minimum Gasteiger partial charge on any atom is -0.454 e. The number of nitrogens with one attached hydrogen (secondary N) is 1. The highest BCUT2D eigenvalue weighted by Crippen LogP contribution is 2.32. The molecule has 1 atom stereocenters. The summed E-state index contributed by atoms with van der Waals surface area (Å²) in [5.41, 5.74) is 1.12. The normalized spacial score (nSPS) is 18.7. The highest BCUT2D eigenvalue weighted by molar-refractivity contribution is 5.81. The number of likely N-dealkylation sites (N-methyl/N-ethyl adjacent to an activating group) is 1. The van der Waals surface area contributed by atoms with Gasteiger partial charge in [-0.25, -0.2) is 0 Å². The van der Waals surface area contributed by atoms with Crippen molar-refractivity contribution in [1.82, 2.24) is 10.2 Å². The summed E-state index contributed by atoms with van der Waals surface area (Å²) in [6.07, 6.45) is 4.69. The average molecular weight is 304 g/mol. The van der Waals surface area contributed by atoms with Crippen LogP contribution in [-0.2, 0) is 11.3 Å². The maximum atomic E-state index is 12.3. The van der Waals surface area contributed by atoms with Crippen LogP contribution in [0.4, 0.5) is 0 Å². The van der Waals surface area contributed by atoms with Crippen LogP contribution in [0.15, 0.2) is 18.2 Å². The fourth-order valence-corrected chi connectivity index (χ4v) is 3.06. The molecule has 3 rings (SSSR count). The lowest BCUT2D eigenvalue weighted by molar-refractivity contribution is -0.126. The number of rotatable bonds is 5. The highest BCUT2D eigenvalue weighted by Gasteiger charge is 2.23. The van der Waals surface area contributed by atoms with Crippen LogP contribution in [0.3, 0.4) is 0 Å². The molecular formula is C17H24N2O3. The number of nitrogens with zero attached hydrogens (tertiary/aromatic N) is 1. The molecule has 5 nitrogen and oxygen atoms in total. The summed E-state index contributed by atoms with van der Waals surface area (Å²) >= 11 is 0. The van der Waals surface area contributed by atoms with Gasteiger partial charge in [0.05, 0.1) is 6.04 Å². The first-order valence-electron chi connectivity index (χ1n) is 8.02. The zero-order valence-corrected chi connectivity index (χ0v) is 13.3. The summed E-state index contributed by atoms with van der Waals surface area (Å²) in [6.45, 7) is 2.95. The molecule has 1 aromatic carbocycles. The number of benzene rings is 1. The summed E-state index contributed by atoms with van der Waals surface area (Å²) in [5, 5.41) is 3.16. The van der Waals surface area contributed by atoms with Crippen molar-refractivity contribution in [3.63, 3.8) is 0 Å². The Morgan fingerprint density at radius 1 is 1.32 bits per heavy atom. The molecule has 1 N–H and O–H groups in total. The van der Waals surface area contributed by atoms with Gasteiger partial charge >= 0.3 is 0 Å². The van der Waals surface area contributed by atoms with Crippen LogP contribution >= 0.6 is 0 Å². The number of carbonyl (C=O) groups is 1. The van der Waals surface area contributed by atoms with Crippen LogP contribution < -0.4 is 14.8 Å². The molecule has 1 amide bonds. The van der Waals surface area contributed by atoms with Gasteiger partial charge in [-0.3, -0.25) is 9.69 Å². The SMILES string of the molecule is C[C@H](C(=O)NC1CCCC1)N(C)Cc1ccc2c(c1)OCO2. The van der Waals surface area contributed by atoms with E-state index in [4.69, 9.17) is 9.47 Å². The number of fused-ring (bicyclic) bond motifs is 1. The largest absolute Gasteiger partial charge is 0.454 e. The predicted molar refractivity (Wildman–Crippen MR) is 83.9 cm³/mol. The molecule has 0 radical (unpaired) electrons. The molecule has 5 heteroatoms. The topological polar surface area (TPSA) is 50.8 Å². The number of hydrogen-bond donors (Lipinski definition) is 1. The van der Waals surface area contributed by atoms with Gasteiger partial charge in [0.1, 0.15) is 0 Å². The molecular weight excluding hydrogens is 280 g/mol. The quantitative estimate of drug-likeness (QED) is 0.907. The van der Waals surface area contributed by atoms with Gasteiger partial charge in [0, 0.05) is 12.6 Å². The molecule has 0 saturated heterocycles. The zero-order valence-electron chi connectivity index (χ0n) is 13.3. The van der Waals surface area contributed by atoms with E-state index in [1.165, 1.54) is 12.8 Å². The van der Waals surface area contributed by atoms with Crippen molar-refractivity contribution < 1.29 is 14.3 Å². The molecule has 120 valence electrons. The van der Waals surface area contributed by atoms with E-state index in [0.29, 0.717) is 12.6 Å². The van der Waals surface area contributed by atoms with Crippen LogP contribution in [0.2, 0.25) is 0 Å². The lowest BCUT2D eigenvalue weighted by Crippen LogP contribution is -2.46. The fraction of sp³-hybridized carbons (Fsp3) is 0.588. The maximum absolute atomic E-state index is 12.3. The Balaban J connectivity index is 1.56. The van der Waals surface area contributed by atoms with Gasteiger partial charge in [-0.2, -0.15) is 0 Å². The van der Waals surface area contributed by atoms with E-state index >= 15 is 0 Å². The van der Waals surface area contributed by atoms with E-state index in [-0.39, 0.29) is 18.7 Å². The molecule has 0 unspecified atom stereocenters. The van der Waals surface area contributed by atoms with Crippen molar-refractivity contribution in [2.45, 2.75) is 51.2 Å². The Morgan fingerprint density at radius 2 is 2.05 bits per heavy atom. The van der Waals surface area contributed by atoms with Crippen LogP contribution in [-0.4, -0.2) is 36.7 Å². The molecule has 1 aliphatic carbocycles. The van der Waals surface area contributed by atoms with Gasteiger partial charge in [0.2, 0.25) is 12.7 Å². The summed E-state index contributed by atoms with van der Waals surface area (Å²) in [7, 11) is 1.98. The first-order chi connectivity index (χ1) is 10.6. The van der Waals surface area contributed by atoms with Crippen molar-refractivity contribution in [3.8, 4) is 11.5 Å². The standard InChI is InChI=1S/C17H24N2O3/c1-12(17(20)18-14-5-3-4-6-14)19(2)10-13-7-8-15-16(9-13)22-11-21-15/h7-9,12,14H,3-6,10-11H2,1-2H3,(H,18,20)/t12-/m1/s1. The third kappa shape index (κ3) is 3.35. The molecule has 1 saturated carbocycles. The van der Waals surface area contributed by atoms with Crippen LogP contribution in [0.1, 0.15) is 38.2 Å². The summed E-state index contributed by atoms with van der Waals surface area (Å²) < 4.78 is 10.7. The van der Waals surface area contributed by atoms with Gasteiger partial charge in [-0.05, 0) is 44.5 Å². The van der Waals surface area contributed by atoms with Crippen molar-refractivity contribution in [1.29, 1.82) is 0 Å². The fourth-order valence-electron chi connectivity index (χ4n) is 3.06. The molecule has 1 aliphatic heterocycles. The van der Waals surface area contributed by atoms with E-state index in [0.717, 1.165) is 29.9 Å². The molecule has 22 heavy (non-hydrogen) atoms. The summed E-state index contributed by atoms with van der Waals surface area (Å²) in [4.78, 5) is 14.4. The van der Waals surface area contributed by atoms with Crippen LogP contribution in [0, 0.1) is 0 Å². The first kappa shape index (κ1) is 15.2. The van der Waals surface area contributed by atoms with Crippen molar-refractivity contribution >= 4 is 5.91 Å². The second kappa shape index (κ2) is 6.57. The van der Waals surface area contributed by atoms with E-state index in [2.05, 4.69) is 10.2 Å². The Morgan fingerprint density at radius 3 is 2.82 bits per heavy atom. The monoisotopic (exact) mass is 304 g/mol. The van der Waals surface area contributed by atoms with Gasteiger partial charge in [-0.1, -0.05) is 18.9 Å². The lowest BCUT2D eigenvalue weighted by Gasteiger charge is -2.25. The summed E-state index contributed by atoms with van der Waals surface area (Å²) in [5.74, 6) is 1.70. The molecule has 1 fully saturated rings. The Hall–Kier alpha value is -1.75. The smallest absolute Gasteiger partial charge is 0.237 e. The Labute approximate surface area is 131 Å². The van der Waals surface area contributed by atoms with E-state index < -0.39 is 0 Å². The predicted octanol–water partition coefficient (Wildman–Crippen LogP) is 2.29. The third-order valence-corrected chi connectivity index (χ3v) is 4.61. The number of amides is 1. The van der Waals surface area contributed by atoms with Crippen molar-refractivity contribution in [2.75, 3.05) is 13.8 Å². The molecule has 0 aromatic heterocycles. The minimum atomic E-state index is -0.147. The number of ether oxygens (including phenoxy) is 2. The molecule has 1 aromatic rings. The van der Waals surface area contributed by atoms with Crippen molar-refractivity contribution in [3.05, 3.63) is 23.8 Å². The van der Waals surface area contributed by atoms with Crippen LogP contribution in [0.5, 0.6) is 11.5 Å². The van der Waals surface area contributed by atoms with Gasteiger partial charge < -0.3 is 14.8 Å². The van der Waals surface area contributed by atoms with Crippen LogP contribution in [0.25, 0.3) is 0 Å². The molecule has 2 aliphatic rings. The van der Waals surface area contributed by atoms with E-state index in [9.17, 15) is 4.79 Å². The molecule has 0 spiro atoms. The first-order valence-corrected chi connectivity index (χ1v) is 8.02. The van der Waals surface area contributed by atoms with E-state index in [1.807, 2.05) is 32.2 Å². The zero-order chi connectivity index (χ0) is 15.5. The maximum Gasteiger partial charge on any atom is 0.237 e. The van der Waals surface area contributed by atoms with Gasteiger partial charge in [0.15, 0.2) is 11.5 Å². The molecule has 1 heterocycles. The highest BCUT2D eigenvalue weighted by atomic mass is 16.7. The van der Waals surface area contributed by atoms with Gasteiger partial charge in [0.25, 0.3) is 0 Å². The Kier molecular flexibility index (Phi) is 4.52. The van der Waals surface area contributed by atoms with E-state index in [1.54, 1.807) is 0 Å². The second-order valence-electron chi connectivity index (χ2n) is 6.27.